The summed E-state index contributed by atoms with van der Waals surface area (Å²) in [5.41, 5.74) is 2.47. The molecule has 0 saturated carbocycles. The van der Waals surface area contributed by atoms with Crippen molar-refractivity contribution in [2.45, 2.75) is 26.3 Å². The molecule has 0 radical (unpaired) electrons. The molecule has 2 aromatic carbocycles. The van der Waals surface area contributed by atoms with Crippen molar-refractivity contribution in [2.75, 3.05) is 24.6 Å². The van der Waals surface area contributed by atoms with E-state index in [1.165, 1.54) is 18.2 Å². The fourth-order valence-corrected chi connectivity index (χ4v) is 3.18. The predicted octanol–water partition coefficient (Wildman–Crippen LogP) is 4.33. The number of ether oxygens (including phenoxy) is 1. The van der Waals surface area contributed by atoms with Crippen LogP contribution in [0.1, 0.15) is 37.4 Å². The number of amides is 1. The van der Waals surface area contributed by atoms with Gasteiger partial charge in [-0.2, -0.15) is 0 Å². The summed E-state index contributed by atoms with van der Waals surface area (Å²) in [6, 6.07) is 12.2. The zero-order chi connectivity index (χ0) is 19.2. The molecule has 27 heavy (non-hydrogen) atoms. The van der Waals surface area contributed by atoms with Crippen molar-refractivity contribution in [3.63, 3.8) is 0 Å². The van der Waals surface area contributed by atoms with Crippen LogP contribution in [0.3, 0.4) is 0 Å². The van der Waals surface area contributed by atoms with E-state index in [1.54, 1.807) is 18.2 Å². The maximum absolute atomic E-state index is 13.6. The van der Waals surface area contributed by atoms with Gasteiger partial charge in [0.05, 0.1) is 18.3 Å². The van der Waals surface area contributed by atoms with E-state index < -0.39 is 0 Å². The third kappa shape index (κ3) is 4.67. The maximum Gasteiger partial charge on any atom is 0.244 e. The van der Waals surface area contributed by atoms with Gasteiger partial charge >= 0.3 is 0 Å². The third-order valence-electron chi connectivity index (χ3n) is 4.61. The Hall–Kier alpha value is -2.82. The second kappa shape index (κ2) is 8.71. The molecule has 1 unspecified atom stereocenters. The van der Waals surface area contributed by atoms with Gasteiger partial charge in [0, 0.05) is 18.2 Å². The zero-order valence-electron chi connectivity index (χ0n) is 15.7. The van der Waals surface area contributed by atoms with Crippen LogP contribution in [0.4, 0.5) is 10.1 Å². The third-order valence-corrected chi connectivity index (χ3v) is 4.61. The highest BCUT2D eigenvalue weighted by atomic mass is 19.1. The summed E-state index contributed by atoms with van der Waals surface area (Å²) >= 11 is 0. The van der Waals surface area contributed by atoms with Crippen molar-refractivity contribution in [1.29, 1.82) is 0 Å². The quantitative estimate of drug-likeness (QED) is 0.772. The number of anilines is 1. The minimum Gasteiger partial charge on any atom is -0.490 e. The van der Waals surface area contributed by atoms with E-state index in [1.807, 2.05) is 19.1 Å². The molecule has 3 rings (SSSR count). The van der Waals surface area contributed by atoms with E-state index in [0.29, 0.717) is 12.2 Å². The molecule has 0 fully saturated rings. The molecule has 0 aromatic heterocycles. The standard InChI is InChI=1S/C22H25FN2O2/c1-3-12-25-13-14-27-21-10-8-18(15-20(21)25)16(2)24-22(26)11-9-17-6-4-5-7-19(17)23/h4-11,15-16H,3,12-14H2,1-2H3,(H,24,26). The van der Waals surface area contributed by atoms with Crippen molar-refractivity contribution in [1.82, 2.24) is 5.32 Å². The number of fused-ring (bicyclic) bond motifs is 1. The summed E-state index contributed by atoms with van der Waals surface area (Å²) < 4.78 is 19.4. The number of benzene rings is 2. The Bertz CT molecular complexity index is 835. The number of nitrogens with zero attached hydrogens (tertiary/aromatic N) is 1. The molecule has 2 aromatic rings. The van der Waals surface area contributed by atoms with Gasteiger partial charge < -0.3 is 15.0 Å². The number of carbonyl (C=O) groups excluding carboxylic acids is 1. The second-order valence-electron chi connectivity index (χ2n) is 6.65. The Morgan fingerprint density at radius 3 is 2.93 bits per heavy atom. The topological polar surface area (TPSA) is 41.6 Å². The van der Waals surface area contributed by atoms with E-state index in [2.05, 4.69) is 23.2 Å². The summed E-state index contributed by atoms with van der Waals surface area (Å²) in [5, 5.41) is 2.93. The van der Waals surface area contributed by atoms with Gasteiger partial charge in [0.1, 0.15) is 18.2 Å². The Morgan fingerprint density at radius 1 is 1.33 bits per heavy atom. The Kier molecular flexibility index (Phi) is 6.12. The second-order valence-corrected chi connectivity index (χ2v) is 6.65. The highest BCUT2D eigenvalue weighted by molar-refractivity contribution is 5.92. The highest BCUT2D eigenvalue weighted by Crippen LogP contribution is 2.34. The van der Waals surface area contributed by atoms with Gasteiger partial charge in [-0.25, -0.2) is 4.39 Å². The SMILES string of the molecule is CCCN1CCOc2ccc(C(C)NC(=O)C=Cc3ccccc3F)cc21. The molecule has 142 valence electrons. The molecule has 1 amide bonds. The minimum absolute atomic E-state index is 0.168. The molecule has 4 nitrogen and oxygen atoms in total. The van der Waals surface area contributed by atoms with Gasteiger partial charge in [-0.3, -0.25) is 4.79 Å². The molecule has 0 spiro atoms. The van der Waals surface area contributed by atoms with Crippen LogP contribution in [0, 0.1) is 5.82 Å². The monoisotopic (exact) mass is 368 g/mol. The number of nitrogens with one attached hydrogen (secondary N) is 1. The highest BCUT2D eigenvalue weighted by Gasteiger charge is 2.19. The van der Waals surface area contributed by atoms with Crippen LogP contribution in [0.5, 0.6) is 5.75 Å². The fourth-order valence-electron chi connectivity index (χ4n) is 3.18. The van der Waals surface area contributed by atoms with Gasteiger partial charge in [0.25, 0.3) is 0 Å². The van der Waals surface area contributed by atoms with Gasteiger partial charge in [-0.15, -0.1) is 0 Å². The maximum atomic E-state index is 13.6. The molecule has 1 N–H and O–H groups in total. The van der Waals surface area contributed by atoms with Crippen LogP contribution in [0.25, 0.3) is 6.08 Å². The molecule has 0 aliphatic carbocycles. The lowest BCUT2D eigenvalue weighted by Gasteiger charge is -2.32. The molecule has 1 heterocycles. The van der Waals surface area contributed by atoms with Gasteiger partial charge in [0.15, 0.2) is 0 Å². The normalized spacial score (nSPS) is 14.6. The van der Waals surface area contributed by atoms with Crippen LogP contribution in [0.2, 0.25) is 0 Å². The minimum atomic E-state index is -0.347. The molecule has 1 aliphatic rings. The van der Waals surface area contributed by atoms with Crippen molar-refractivity contribution >= 4 is 17.7 Å². The first-order valence-corrected chi connectivity index (χ1v) is 9.33. The van der Waals surface area contributed by atoms with Crippen molar-refractivity contribution < 1.29 is 13.9 Å². The lowest BCUT2D eigenvalue weighted by atomic mass is 10.1. The zero-order valence-corrected chi connectivity index (χ0v) is 15.7. The first-order chi connectivity index (χ1) is 13.1. The first kappa shape index (κ1) is 19.0. The average molecular weight is 368 g/mol. The largest absolute Gasteiger partial charge is 0.490 e. The molecule has 0 bridgehead atoms. The Balaban J connectivity index is 1.69. The van der Waals surface area contributed by atoms with Crippen LogP contribution in [-0.4, -0.2) is 25.6 Å². The molecule has 5 heteroatoms. The summed E-state index contributed by atoms with van der Waals surface area (Å²) in [4.78, 5) is 14.5. The van der Waals surface area contributed by atoms with E-state index in [4.69, 9.17) is 4.74 Å². The Morgan fingerprint density at radius 2 is 2.15 bits per heavy atom. The van der Waals surface area contributed by atoms with Crippen molar-refractivity contribution in [2.24, 2.45) is 0 Å². The van der Waals surface area contributed by atoms with Gasteiger partial charge in [0.2, 0.25) is 5.91 Å². The number of carbonyl (C=O) groups is 1. The first-order valence-electron chi connectivity index (χ1n) is 9.33. The van der Waals surface area contributed by atoms with E-state index >= 15 is 0 Å². The van der Waals surface area contributed by atoms with Crippen LogP contribution < -0.4 is 15.0 Å². The summed E-state index contributed by atoms with van der Waals surface area (Å²) in [7, 11) is 0. The van der Waals surface area contributed by atoms with E-state index in [0.717, 1.165) is 36.5 Å². The van der Waals surface area contributed by atoms with E-state index in [9.17, 15) is 9.18 Å². The fraction of sp³-hybridized carbons (Fsp3) is 0.318. The predicted molar refractivity (Wildman–Crippen MR) is 106 cm³/mol. The average Bonchev–Trinajstić information content (AvgIpc) is 2.67. The molecule has 0 saturated heterocycles. The smallest absolute Gasteiger partial charge is 0.244 e. The van der Waals surface area contributed by atoms with Gasteiger partial charge in [-0.1, -0.05) is 31.2 Å². The molecular weight excluding hydrogens is 343 g/mol. The summed E-state index contributed by atoms with van der Waals surface area (Å²) in [6.45, 7) is 6.63. The van der Waals surface area contributed by atoms with Crippen LogP contribution >= 0.6 is 0 Å². The molecule has 1 atom stereocenters. The summed E-state index contributed by atoms with van der Waals surface area (Å²) in [6.07, 6.45) is 3.91. The molecule has 1 aliphatic heterocycles. The number of hydrogen-bond donors (Lipinski definition) is 1. The van der Waals surface area contributed by atoms with E-state index in [-0.39, 0.29) is 17.8 Å². The van der Waals surface area contributed by atoms with Crippen LogP contribution in [0.15, 0.2) is 48.5 Å². The number of halogens is 1. The van der Waals surface area contributed by atoms with Gasteiger partial charge in [-0.05, 0) is 43.2 Å². The summed E-state index contributed by atoms with van der Waals surface area (Å²) in [5.74, 6) is 0.280. The van der Waals surface area contributed by atoms with Crippen molar-refractivity contribution in [3.05, 3.63) is 65.5 Å². The number of rotatable bonds is 6. The van der Waals surface area contributed by atoms with Crippen molar-refractivity contribution in [3.8, 4) is 5.75 Å². The lowest BCUT2D eigenvalue weighted by molar-refractivity contribution is -0.117. The van der Waals surface area contributed by atoms with Crippen LogP contribution in [-0.2, 0) is 4.79 Å². The number of hydrogen-bond acceptors (Lipinski definition) is 3. The lowest BCUT2D eigenvalue weighted by Crippen LogP contribution is -2.33. The Labute approximate surface area is 159 Å². The molecular formula is C22H25FN2O2.